The number of imidazole rings is 2. The lowest BCUT2D eigenvalue weighted by Crippen LogP contribution is -2.28. The average molecular weight is 1330 g/mol. The van der Waals surface area contributed by atoms with E-state index in [9.17, 15) is 0 Å². The molecule has 3 aliphatic rings. The van der Waals surface area contributed by atoms with E-state index in [1.165, 1.54) is 66.8 Å². The molecule has 0 fully saturated rings. The van der Waals surface area contributed by atoms with Gasteiger partial charge in [-0.05, 0) is 183 Å². The summed E-state index contributed by atoms with van der Waals surface area (Å²) in [6.45, 7) is 0. The molecule has 0 amide bonds. The number of pyridine rings is 2. The predicted octanol–water partition coefficient (Wildman–Crippen LogP) is 23.1. The molecule has 5 heterocycles. The number of benzene rings is 12. The first-order valence-corrected chi connectivity index (χ1v) is 35.7. The van der Waals surface area contributed by atoms with Crippen LogP contribution in [0.15, 0.2) is 371 Å². The summed E-state index contributed by atoms with van der Waals surface area (Å²) in [5, 5.41) is 0. The van der Waals surface area contributed by atoms with Gasteiger partial charge in [-0.15, -0.1) is 0 Å². The Hall–Kier alpha value is -13.6. The molecule has 20 rings (SSSR count). The van der Waals surface area contributed by atoms with Gasteiger partial charge in [0.15, 0.2) is 0 Å². The number of hydrogen-bond donors (Lipinski definition) is 0. The first-order chi connectivity index (χ1) is 51.5. The zero-order valence-electron chi connectivity index (χ0n) is 56.8. The van der Waals surface area contributed by atoms with Crippen LogP contribution in [0.3, 0.4) is 0 Å². The summed E-state index contributed by atoms with van der Waals surface area (Å²) in [5.74, 6) is 0. The van der Waals surface area contributed by atoms with Crippen molar-refractivity contribution in [1.82, 2.24) is 28.7 Å². The lowest BCUT2D eigenvalue weighted by Gasteiger charge is -2.35. The van der Waals surface area contributed by atoms with Crippen molar-refractivity contribution in [1.29, 1.82) is 0 Å². The van der Waals surface area contributed by atoms with Crippen LogP contribution in [0, 0.1) is 0 Å². The lowest BCUT2D eigenvalue weighted by molar-refractivity contribution is 0.768. The molecule has 0 spiro atoms. The highest BCUT2D eigenvalue weighted by Gasteiger charge is 2.48. The Balaban J connectivity index is 0.713. The summed E-state index contributed by atoms with van der Waals surface area (Å²) >= 11 is 0. The van der Waals surface area contributed by atoms with Gasteiger partial charge < -0.3 is 18.6 Å². The van der Waals surface area contributed by atoms with E-state index >= 15 is 0 Å². The first kappa shape index (κ1) is 60.4. The van der Waals surface area contributed by atoms with Crippen molar-refractivity contribution in [3.05, 3.63) is 426 Å². The zero-order chi connectivity index (χ0) is 68.7. The van der Waals surface area contributed by atoms with Crippen molar-refractivity contribution >= 4 is 51.5 Å². The van der Waals surface area contributed by atoms with Crippen molar-refractivity contribution in [2.75, 3.05) is 9.80 Å². The van der Waals surface area contributed by atoms with E-state index in [2.05, 4.69) is 346 Å². The molecule has 3 aliphatic carbocycles. The van der Waals surface area contributed by atoms with Gasteiger partial charge in [-0.1, -0.05) is 249 Å². The fraction of sp³-hybridized carbons (Fsp3) is 0.0417. The molecule has 0 saturated carbocycles. The van der Waals surface area contributed by atoms with Gasteiger partial charge in [0.1, 0.15) is 11.3 Å². The molecule has 0 bridgehead atoms. The van der Waals surface area contributed by atoms with Gasteiger partial charge in [0.05, 0.1) is 45.0 Å². The monoisotopic (exact) mass is 1330 g/mol. The summed E-state index contributed by atoms with van der Waals surface area (Å²) < 4.78 is 4.15. The van der Waals surface area contributed by atoms with Crippen LogP contribution in [-0.4, -0.2) is 28.7 Å². The number of allylic oxidation sites excluding steroid dienone is 1. The largest absolute Gasteiger partial charge is 0.310 e. The van der Waals surface area contributed by atoms with E-state index < -0.39 is 10.8 Å². The van der Waals surface area contributed by atoms with E-state index in [4.69, 9.17) is 19.9 Å². The van der Waals surface area contributed by atoms with Crippen molar-refractivity contribution in [2.24, 2.45) is 0 Å². The van der Waals surface area contributed by atoms with Crippen LogP contribution >= 0.6 is 0 Å². The second kappa shape index (κ2) is 24.7. The summed E-state index contributed by atoms with van der Waals surface area (Å²) in [6, 6.07) is 124. The fourth-order valence-electron chi connectivity index (χ4n) is 16.9. The van der Waals surface area contributed by atoms with Gasteiger partial charge in [0.2, 0.25) is 0 Å². The minimum Gasteiger partial charge on any atom is -0.310 e. The summed E-state index contributed by atoms with van der Waals surface area (Å²) in [5.41, 5.74) is 31.0. The van der Waals surface area contributed by atoms with Crippen molar-refractivity contribution in [3.8, 4) is 67.3 Å². The number of fused-ring (bicyclic) bond motifs is 9. The maximum atomic E-state index is 5.60. The Morgan fingerprint density at radius 3 is 1.04 bits per heavy atom. The first-order valence-electron chi connectivity index (χ1n) is 35.7. The Kier molecular flexibility index (Phi) is 14.3. The van der Waals surface area contributed by atoms with Gasteiger partial charge in [-0.3, -0.25) is 0 Å². The SMILES string of the molecule is C1=Cc2nc(-c3ccc(N(c4ccc(-c5cn6ccccc6n5)cc4)c4ccc5c(c4)C(c4ccccc4)(c4ccccc4)c4ccccc4-5)cc3)c(-c3ccc(N(c4ccc(-c5cn6ccccc6n5)cc4)c4ccc5c(c4)C(c4ccccc4)(c4ccccc4)c4ccccc4-5)cc3)nc2CC1. The Morgan fingerprint density at radius 1 is 0.288 bits per heavy atom. The van der Waals surface area contributed by atoms with Crippen molar-refractivity contribution < 1.29 is 0 Å². The molecular formula is C96H66N8. The molecule has 5 aromatic heterocycles. The normalized spacial score (nSPS) is 13.4. The molecular weight excluding hydrogens is 1270 g/mol. The quantitative estimate of drug-likeness (QED) is 0.108. The van der Waals surface area contributed by atoms with Gasteiger partial charge in [0.25, 0.3) is 0 Å². The van der Waals surface area contributed by atoms with Crippen molar-refractivity contribution in [2.45, 2.75) is 23.7 Å². The molecule has 0 N–H and O–H groups in total. The summed E-state index contributed by atoms with van der Waals surface area (Å²) in [6.07, 6.45) is 14.4. The molecule has 0 radical (unpaired) electrons. The van der Waals surface area contributed by atoms with E-state index in [-0.39, 0.29) is 0 Å². The topological polar surface area (TPSA) is 66.9 Å². The molecule has 8 nitrogen and oxygen atoms in total. The Bertz CT molecular complexity index is 6000. The summed E-state index contributed by atoms with van der Waals surface area (Å²) in [7, 11) is 0. The molecule has 0 aliphatic heterocycles. The van der Waals surface area contributed by atoms with E-state index in [1.807, 2.05) is 48.8 Å². The van der Waals surface area contributed by atoms with Gasteiger partial charge >= 0.3 is 0 Å². The number of hydrogen-bond acceptors (Lipinski definition) is 6. The maximum absolute atomic E-state index is 5.60. The summed E-state index contributed by atoms with van der Waals surface area (Å²) in [4.78, 5) is 26.0. The molecule has 0 saturated heterocycles. The molecule has 8 heteroatoms. The second-order valence-corrected chi connectivity index (χ2v) is 27.3. The number of anilines is 6. The standard InChI is InChI=1S/C96H66N8/c1-5-23-69(24-6-1)95(70-25-7-2-8-26-70)83-33-15-13-31-79(83)81-57-55-77(61-85(81)95)103(73-47-39-65(40-48-73)89-63-101-59-21-19-37-91(101)97-89)75-51-43-67(44-52-75)93-94(100-88-36-18-17-35-87(88)99-93)68-45-53-76(54-46-68)104(74-49-41-66(42-50-74)90-64-102-60-22-20-38-92(102)98-90)78-56-58-82-80-32-14-16-34-84(80)96(86(82)62-78,71-27-9-3-10-28-71)72-29-11-4-12-30-72/h1-17,19-35,37-64H,18,36H2. The van der Waals surface area contributed by atoms with Gasteiger partial charge in [-0.2, -0.15) is 0 Å². The molecule has 0 atom stereocenters. The van der Waals surface area contributed by atoms with E-state index in [0.29, 0.717) is 0 Å². The van der Waals surface area contributed by atoms with Crippen LogP contribution in [0.5, 0.6) is 0 Å². The molecule has 0 unspecified atom stereocenters. The van der Waals surface area contributed by atoms with Crippen LogP contribution in [0.1, 0.15) is 62.3 Å². The van der Waals surface area contributed by atoms with Crippen LogP contribution in [-0.2, 0) is 17.3 Å². The molecule has 104 heavy (non-hydrogen) atoms. The highest BCUT2D eigenvalue weighted by molar-refractivity contribution is 5.93. The highest BCUT2D eigenvalue weighted by Crippen LogP contribution is 2.59. The minimum absolute atomic E-state index is 0.587. The van der Waals surface area contributed by atoms with Crippen molar-refractivity contribution in [3.63, 3.8) is 0 Å². The fourth-order valence-corrected chi connectivity index (χ4v) is 16.9. The zero-order valence-corrected chi connectivity index (χ0v) is 56.8. The van der Waals surface area contributed by atoms with Crippen LogP contribution in [0.2, 0.25) is 0 Å². The van der Waals surface area contributed by atoms with E-state index in [0.717, 1.165) is 115 Å². The van der Waals surface area contributed by atoms with E-state index in [1.54, 1.807) is 0 Å². The third-order valence-corrected chi connectivity index (χ3v) is 21.6. The number of aromatic nitrogens is 6. The average Bonchev–Trinajstić information content (AvgIpc) is 1.55. The van der Waals surface area contributed by atoms with Gasteiger partial charge in [0, 0.05) is 81.2 Å². The van der Waals surface area contributed by atoms with Gasteiger partial charge in [-0.25, -0.2) is 19.9 Å². The molecule has 17 aromatic rings. The highest BCUT2D eigenvalue weighted by atomic mass is 15.1. The number of aryl methyl sites for hydroxylation is 1. The van der Waals surface area contributed by atoms with Crippen LogP contribution in [0.4, 0.5) is 34.1 Å². The lowest BCUT2D eigenvalue weighted by atomic mass is 9.67. The smallest absolute Gasteiger partial charge is 0.137 e. The molecule has 490 valence electrons. The third-order valence-electron chi connectivity index (χ3n) is 21.6. The number of rotatable bonds is 14. The number of nitrogens with zero attached hydrogens (tertiary/aromatic N) is 8. The predicted molar refractivity (Wildman–Crippen MR) is 423 cm³/mol. The molecule has 12 aromatic carbocycles. The Labute approximate surface area is 603 Å². The Morgan fingerprint density at radius 2 is 0.635 bits per heavy atom. The maximum Gasteiger partial charge on any atom is 0.137 e. The third kappa shape index (κ3) is 9.74. The second-order valence-electron chi connectivity index (χ2n) is 27.3. The van der Waals surface area contributed by atoms with Crippen LogP contribution < -0.4 is 9.80 Å². The van der Waals surface area contributed by atoms with Crippen LogP contribution in [0.25, 0.3) is 84.7 Å². The minimum atomic E-state index is -0.588.